The van der Waals surface area contributed by atoms with Crippen molar-refractivity contribution in [1.29, 1.82) is 0 Å². The van der Waals surface area contributed by atoms with E-state index in [0.717, 1.165) is 11.1 Å². The van der Waals surface area contributed by atoms with Gasteiger partial charge in [-0.05, 0) is 126 Å². The molecule has 5 rings (SSSR count). The molecule has 1 aliphatic heterocycles. The van der Waals surface area contributed by atoms with Gasteiger partial charge in [-0.3, -0.25) is 14.4 Å². The smallest absolute Gasteiger partial charge is 0.408 e. The first-order valence-electron chi connectivity index (χ1n) is 23.5. The third-order valence-corrected chi connectivity index (χ3v) is 11.0. The summed E-state index contributed by atoms with van der Waals surface area (Å²) < 4.78 is 28.0. The standard InChI is InChI=1S/C53H66N4O11/c1-6-64-41-28-24-37(25-29-41)34-44(54-47(58)43(56-52(63)68-53(3,4)5)22-15-17-33-66-50(61)40-20-12-9-13-21-40)48(59)55-45(35-38-26-30-42(31-27-38)65-7-2)49(60)57-32-16-14-23-46(57)51(62)67-36-39-18-10-8-11-19-39/h8-13,18-21,24-31,43-46H,6-7,14-17,22-23,32-36H2,1-5H3,(H,54,58)(H,55,59)(H,56,63)/t43-,44-,45-,46+/m0/s1. The average Bonchev–Trinajstić information content (AvgIpc) is 3.33. The number of nitrogens with zero attached hydrogens (tertiary/aromatic N) is 1. The van der Waals surface area contributed by atoms with E-state index < -0.39 is 65.5 Å². The molecule has 0 radical (unpaired) electrons. The minimum atomic E-state index is -1.25. The maximum absolute atomic E-state index is 14.8. The SMILES string of the molecule is CCOc1ccc(C[C@H](NC(=O)[C@H](CCCCOC(=O)c2ccccc2)NC(=O)OC(C)(C)C)C(=O)N[C@@H](Cc2ccc(OCC)cc2)C(=O)N2CCCC[C@@H]2C(=O)OCc2ccccc2)cc1. The number of hydrogen-bond donors (Lipinski definition) is 3. The molecule has 364 valence electrons. The van der Waals surface area contributed by atoms with Crippen LogP contribution in [0.2, 0.25) is 0 Å². The number of alkyl carbamates (subject to hydrolysis) is 1. The van der Waals surface area contributed by atoms with Gasteiger partial charge in [-0.1, -0.05) is 72.8 Å². The Morgan fingerprint density at radius 1 is 0.632 bits per heavy atom. The van der Waals surface area contributed by atoms with Crippen LogP contribution in [0.3, 0.4) is 0 Å². The van der Waals surface area contributed by atoms with E-state index >= 15 is 0 Å². The summed E-state index contributed by atoms with van der Waals surface area (Å²) in [6.07, 6.45) is 1.81. The van der Waals surface area contributed by atoms with Crippen LogP contribution in [-0.2, 0) is 52.8 Å². The second kappa shape index (κ2) is 26.4. The van der Waals surface area contributed by atoms with E-state index in [1.54, 1.807) is 87.5 Å². The Morgan fingerprint density at radius 3 is 1.78 bits per heavy atom. The molecule has 0 bridgehead atoms. The van der Waals surface area contributed by atoms with E-state index in [9.17, 15) is 28.8 Å². The molecule has 4 aromatic carbocycles. The van der Waals surface area contributed by atoms with E-state index in [0.29, 0.717) is 67.9 Å². The molecule has 4 aromatic rings. The fourth-order valence-electron chi connectivity index (χ4n) is 7.66. The number of unbranched alkanes of at least 4 members (excludes halogenated alkanes) is 1. The molecule has 0 aliphatic carbocycles. The van der Waals surface area contributed by atoms with Crippen molar-refractivity contribution in [2.45, 2.75) is 122 Å². The number of piperidine rings is 1. The maximum Gasteiger partial charge on any atom is 0.408 e. The van der Waals surface area contributed by atoms with E-state index in [-0.39, 0.29) is 39.0 Å². The second-order valence-electron chi connectivity index (χ2n) is 17.5. The first-order valence-corrected chi connectivity index (χ1v) is 23.5. The number of rotatable bonds is 23. The van der Waals surface area contributed by atoms with Gasteiger partial charge >= 0.3 is 18.0 Å². The Hall–Kier alpha value is -6.90. The second-order valence-corrected chi connectivity index (χ2v) is 17.5. The number of benzene rings is 4. The number of amides is 4. The van der Waals surface area contributed by atoms with Crippen LogP contribution in [0, 0.1) is 0 Å². The molecule has 1 heterocycles. The molecular weight excluding hydrogens is 869 g/mol. The fourth-order valence-corrected chi connectivity index (χ4v) is 7.66. The van der Waals surface area contributed by atoms with Crippen LogP contribution < -0.4 is 25.4 Å². The van der Waals surface area contributed by atoms with Gasteiger partial charge in [0.05, 0.1) is 25.4 Å². The van der Waals surface area contributed by atoms with Gasteiger partial charge in [0.15, 0.2) is 0 Å². The van der Waals surface area contributed by atoms with Gasteiger partial charge in [0.25, 0.3) is 0 Å². The number of esters is 2. The average molecular weight is 935 g/mol. The van der Waals surface area contributed by atoms with Gasteiger partial charge in [0, 0.05) is 19.4 Å². The van der Waals surface area contributed by atoms with Crippen LogP contribution in [0.25, 0.3) is 0 Å². The van der Waals surface area contributed by atoms with Gasteiger partial charge in [0.2, 0.25) is 17.7 Å². The number of hydrogen-bond acceptors (Lipinski definition) is 11. The van der Waals surface area contributed by atoms with Crippen LogP contribution in [0.1, 0.15) is 100 Å². The van der Waals surface area contributed by atoms with Crippen molar-refractivity contribution >= 4 is 35.8 Å². The van der Waals surface area contributed by atoms with Crippen LogP contribution in [0.5, 0.6) is 11.5 Å². The molecule has 1 fully saturated rings. The van der Waals surface area contributed by atoms with Gasteiger partial charge in [-0.15, -0.1) is 0 Å². The highest BCUT2D eigenvalue weighted by atomic mass is 16.6. The van der Waals surface area contributed by atoms with Crippen molar-refractivity contribution in [3.05, 3.63) is 131 Å². The monoisotopic (exact) mass is 934 g/mol. The van der Waals surface area contributed by atoms with Crippen molar-refractivity contribution in [2.24, 2.45) is 0 Å². The first kappa shape index (κ1) is 52.1. The number of carbonyl (C=O) groups excluding carboxylic acids is 6. The molecule has 0 unspecified atom stereocenters. The minimum Gasteiger partial charge on any atom is -0.494 e. The zero-order valence-corrected chi connectivity index (χ0v) is 39.8. The third-order valence-electron chi connectivity index (χ3n) is 11.0. The predicted octanol–water partition coefficient (Wildman–Crippen LogP) is 7.28. The molecule has 0 aromatic heterocycles. The molecule has 68 heavy (non-hydrogen) atoms. The van der Waals surface area contributed by atoms with Gasteiger partial charge in [-0.2, -0.15) is 0 Å². The lowest BCUT2D eigenvalue weighted by Gasteiger charge is -2.37. The van der Waals surface area contributed by atoms with Crippen molar-refractivity contribution in [3.8, 4) is 11.5 Å². The van der Waals surface area contributed by atoms with E-state index in [1.807, 2.05) is 56.3 Å². The van der Waals surface area contributed by atoms with Gasteiger partial charge < -0.3 is 44.5 Å². The zero-order valence-electron chi connectivity index (χ0n) is 39.8. The summed E-state index contributed by atoms with van der Waals surface area (Å²) in [6.45, 7) is 10.2. The Bertz CT molecular complexity index is 2230. The summed E-state index contributed by atoms with van der Waals surface area (Å²) in [5, 5.41) is 8.50. The lowest BCUT2D eigenvalue weighted by atomic mass is 9.97. The lowest BCUT2D eigenvalue weighted by Crippen LogP contribution is -2.60. The molecule has 1 saturated heterocycles. The summed E-state index contributed by atoms with van der Waals surface area (Å²) in [6, 6.07) is 27.7. The molecule has 15 heteroatoms. The van der Waals surface area contributed by atoms with Gasteiger partial charge in [-0.25, -0.2) is 14.4 Å². The fraction of sp³-hybridized carbons (Fsp3) is 0.434. The highest BCUT2D eigenvalue weighted by Crippen LogP contribution is 2.23. The summed E-state index contributed by atoms with van der Waals surface area (Å²) in [5.74, 6) is -1.56. The number of carbonyl (C=O) groups is 6. The van der Waals surface area contributed by atoms with Crippen LogP contribution >= 0.6 is 0 Å². The number of nitrogens with one attached hydrogen (secondary N) is 3. The highest BCUT2D eigenvalue weighted by molar-refractivity contribution is 5.95. The molecule has 1 aliphatic rings. The van der Waals surface area contributed by atoms with Crippen LogP contribution in [-0.4, -0.2) is 96.8 Å². The van der Waals surface area contributed by atoms with E-state index in [1.165, 1.54) is 4.90 Å². The number of likely N-dealkylation sites (tertiary alicyclic amines) is 1. The summed E-state index contributed by atoms with van der Waals surface area (Å²) in [7, 11) is 0. The molecule has 15 nitrogen and oxygen atoms in total. The third kappa shape index (κ3) is 17.1. The summed E-state index contributed by atoms with van der Waals surface area (Å²) >= 11 is 0. The normalized spacial score (nSPS) is 14.8. The van der Waals surface area contributed by atoms with Crippen LogP contribution in [0.15, 0.2) is 109 Å². The predicted molar refractivity (Wildman–Crippen MR) is 256 cm³/mol. The molecule has 0 saturated carbocycles. The Morgan fingerprint density at radius 2 is 1.19 bits per heavy atom. The Balaban J connectivity index is 1.40. The summed E-state index contributed by atoms with van der Waals surface area (Å²) in [4.78, 5) is 84.8. The Labute approximate surface area is 399 Å². The maximum atomic E-state index is 14.8. The van der Waals surface area contributed by atoms with Crippen molar-refractivity contribution in [3.63, 3.8) is 0 Å². The summed E-state index contributed by atoms with van der Waals surface area (Å²) in [5.41, 5.74) is 1.74. The van der Waals surface area contributed by atoms with Crippen LogP contribution in [0.4, 0.5) is 4.79 Å². The van der Waals surface area contributed by atoms with E-state index in [2.05, 4.69) is 16.0 Å². The molecule has 4 atom stereocenters. The van der Waals surface area contributed by atoms with Gasteiger partial charge in [0.1, 0.15) is 47.9 Å². The van der Waals surface area contributed by atoms with E-state index in [4.69, 9.17) is 23.7 Å². The minimum absolute atomic E-state index is 0.000683. The van der Waals surface area contributed by atoms with Crippen molar-refractivity contribution in [1.82, 2.24) is 20.9 Å². The zero-order chi connectivity index (χ0) is 48.9. The largest absolute Gasteiger partial charge is 0.494 e. The van der Waals surface area contributed by atoms with Crippen molar-refractivity contribution < 1.29 is 52.5 Å². The molecule has 4 amide bonds. The molecule has 3 N–H and O–H groups in total. The topological polar surface area (TPSA) is 188 Å². The molecule has 0 spiro atoms. The molecular formula is C53H66N4O11. The van der Waals surface area contributed by atoms with Crippen molar-refractivity contribution in [2.75, 3.05) is 26.4 Å². The lowest BCUT2D eigenvalue weighted by molar-refractivity contribution is -0.159. The Kier molecular flexibility index (Phi) is 20.2. The first-order chi connectivity index (χ1) is 32.7. The number of ether oxygens (including phenoxy) is 5. The quantitative estimate of drug-likeness (QED) is 0.0385. The highest BCUT2D eigenvalue weighted by Gasteiger charge is 2.38.